The molecule has 0 unspecified atom stereocenters. The van der Waals surface area contributed by atoms with E-state index in [2.05, 4.69) is 10.4 Å². The summed E-state index contributed by atoms with van der Waals surface area (Å²) in [7, 11) is 1.96. The van der Waals surface area contributed by atoms with E-state index in [1.165, 1.54) is 0 Å². The van der Waals surface area contributed by atoms with Crippen molar-refractivity contribution in [3.05, 3.63) is 41.9 Å². The average Bonchev–Trinajstić information content (AvgIpc) is 2.75. The molecule has 2 rings (SSSR count). The summed E-state index contributed by atoms with van der Waals surface area (Å²) in [6, 6.07) is 9.57. The molecule has 17 heavy (non-hydrogen) atoms. The Kier molecular flexibility index (Phi) is 3.30. The van der Waals surface area contributed by atoms with Crippen LogP contribution in [-0.4, -0.2) is 12.0 Å². The van der Waals surface area contributed by atoms with Crippen molar-refractivity contribution in [2.24, 2.45) is 5.84 Å². The Bertz CT molecular complexity index is 495. The van der Waals surface area contributed by atoms with Gasteiger partial charge in [0, 0.05) is 7.05 Å². The lowest BCUT2D eigenvalue weighted by Gasteiger charge is -2.17. The van der Waals surface area contributed by atoms with Gasteiger partial charge in [-0.3, -0.25) is 0 Å². The molecule has 5 nitrogen and oxygen atoms in total. The summed E-state index contributed by atoms with van der Waals surface area (Å²) in [6.07, 6.45) is 0. The van der Waals surface area contributed by atoms with Crippen molar-refractivity contribution >= 4 is 11.6 Å². The van der Waals surface area contributed by atoms with Crippen LogP contribution in [0.5, 0.6) is 0 Å². The maximum atomic E-state index is 5.52. The number of aromatic nitrogens is 1. The summed E-state index contributed by atoms with van der Waals surface area (Å²) in [5.74, 6) is 8.64. The minimum Gasteiger partial charge on any atom is -0.464 e. The molecule has 0 spiro atoms. The third kappa shape index (κ3) is 2.76. The summed E-state index contributed by atoms with van der Waals surface area (Å²) >= 11 is 0. The lowest BCUT2D eigenvalue weighted by Crippen LogP contribution is -2.18. The minimum atomic E-state index is 0.643. The summed E-state index contributed by atoms with van der Waals surface area (Å²) in [6.45, 7) is 2.61. The quantitative estimate of drug-likeness (QED) is 0.622. The fourth-order valence-corrected chi connectivity index (χ4v) is 1.60. The van der Waals surface area contributed by atoms with E-state index in [0.717, 1.165) is 17.3 Å². The number of furan rings is 1. The second kappa shape index (κ2) is 4.88. The van der Waals surface area contributed by atoms with E-state index < -0.39 is 0 Å². The lowest BCUT2D eigenvalue weighted by molar-refractivity contribution is 0.481. The number of nitrogen functional groups attached to an aromatic ring is 1. The van der Waals surface area contributed by atoms with E-state index in [-0.39, 0.29) is 0 Å². The van der Waals surface area contributed by atoms with Crippen molar-refractivity contribution in [2.45, 2.75) is 13.5 Å². The number of anilines is 2. The Morgan fingerprint density at radius 3 is 2.82 bits per heavy atom. The molecule has 90 valence electrons. The van der Waals surface area contributed by atoms with Crippen LogP contribution in [0.3, 0.4) is 0 Å². The van der Waals surface area contributed by atoms with Crippen LogP contribution in [-0.2, 0) is 6.54 Å². The van der Waals surface area contributed by atoms with E-state index in [1.54, 1.807) is 0 Å². The molecule has 2 aromatic heterocycles. The zero-order valence-electron chi connectivity index (χ0n) is 9.97. The first-order valence-electron chi connectivity index (χ1n) is 5.39. The monoisotopic (exact) mass is 232 g/mol. The van der Waals surface area contributed by atoms with Gasteiger partial charge in [0.25, 0.3) is 0 Å². The third-order valence-electron chi connectivity index (χ3n) is 2.46. The van der Waals surface area contributed by atoms with E-state index in [4.69, 9.17) is 10.3 Å². The van der Waals surface area contributed by atoms with Crippen LogP contribution in [0.1, 0.15) is 11.5 Å². The summed E-state index contributed by atoms with van der Waals surface area (Å²) in [4.78, 5) is 6.34. The number of nitrogens with zero attached hydrogens (tertiary/aromatic N) is 2. The largest absolute Gasteiger partial charge is 0.464 e. The molecule has 0 aliphatic carbocycles. The highest BCUT2D eigenvalue weighted by Crippen LogP contribution is 2.16. The summed E-state index contributed by atoms with van der Waals surface area (Å²) in [5.41, 5.74) is 2.53. The van der Waals surface area contributed by atoms with Crippen molar-refractivity contribution in [1.82, 2.24) is 4.98 Å². The van der Waals surface area contributed by atoms with Gasteiger partial charge in [0.05, 0.1) is 6.54 Å². The number of hydrogen-bond acceptors (Lipinski definition) is 5. The molecule has 0 bridgehead atoms. The smallest absolute Gasteiger partial charge is 0.142 e. The molecule has 3 N–H and O–H groups in total. The molecule has 0 aliphatic heterocycles. The van der Waals surface area contributed by atoms with Gasteiger partial charge < -0.3 is 14.7 Å². The molecular weight excluding hydrogens is 216 g/mol. The van der Waals surface area contributed by atoms with Crippen LogP contribution in [0.4, 0.5) is 11.6 Å². The van der Waals surface area contributed by atoms with Gasteiger partial charge in [0.15, 0.2) is 0 Å². The van der Waals surface area contributed by atoms with E-state index >= 15 is 0 Å². The molecule has 2 aromatic rings. The molecule has 0 aromatic carbocycles. The van der Waals surface area contributed by atoms with E-state index in [0.29, 0.717) is 12.4 Å². The van der Waals surface area contributed by atoms with Crippen LogP contribution < -0.4 is 16.2 Å². The lowest BCUT2D eigenvalue weighted by atomic mass is 10.3. The molecule has 0 saturated carbocycles. The fourth-order valence-electron chi connectivity index (χ4n) is 1.60. The topological polar surface area (TPSA) is 67.3 Å². The highest BCUT2D eigenvalue weighted by molar-refractivity contribution is 5.46. The average molecular weight is 232 g/mol. The third-order valence-corrected chi connectivity index (χ3v) is 2.46. The summed E-state index contributed by atoms with van der Waals surface area (Å²) in [5, 5.41) is 0. The van der Waals surface area contributed by atoms with E-state index in [9.17, 15) is 0 Å². The molecule has 0 amide bonds. The SMILES string of the molecule is Cc1ccc(CN(C)c2cccc(NN)n2)o1. The van der Waals surface area contributed by atoms with Crippen molar-refractivity contribution in [1.29, 1.82) is 0 Å². The second-order valence-corrected chi connectivity index (χ2v) is 3.89. The normalized spacial score (nSPS) is 10.3. The van der Waals surface area contributed by atoms with Gasteiger partial charge in [-0.25, -0.2) is 10.8 Å². The highest BCUT2D eigenvalue weighted by Gasteiger charge is 2.06. The Morgan fingerprint density at radius 2 is 2.18 bits per heavy atom. The molecule has 0 radical (unpaired) electrons. The Hall–Kier alpha value is -2.01. The van der Waals surface area contributed by atoms with Gasteiger partial charge >= 0.3 is 0 Å². The molecule has 5 heteroatoms. The predicted octanol–water partition coefficient (Wildman–Crippen LogP) is 1.91. The highest BCUT2D eigenvalue weighted by atomic mass is 16.3. The molecule has 0 atom stereocenters. The first-order chi connectivity index (χ1) is 8.19. The van der Waals surface area contributed by atoms with Crippen LogP contribution in [0.15, 0.2) is 34.7 Å². The van der Waals surface area contributed by atoms with Gasteiger partial charge in [-0.1, -0.05) is 6.07 Å². The molecule has 0 aliphatic rings. The van der Waals surface area contributed by atoms with Gasteiger partial charge in [-0.05, 0) is 31.2 Å². The predicted molar refractivity (Wildman–Crippen MR) is 67.6 cm³/mol. The van der Waals surface area contributed by atoms with E-state index in [1.807, 2.05) is 49.2 Å². The van der Waals surface area contributed by atoms with Crippen LogP contribution in [0, 0.1) is 6.92 Å². The first kappa shape index (κ1) is 11.5. The zero-order valence-corrected chi connectivity index (χ0v) is 9.97. The maximum Gasteiger partial charge on any atom is 0.142 e. The fraction of sp³-hybridized carbons (Fsp3) is 0.250. The number of hydrogen-bond donors (Lipinski definition) is 2. The van der Waals surface area contributed by atoms with Gasteiger partial charge in [0.1, 0.15) is 23.2 Å². The number of rotatable bonds is 4. The second-order valence-electron chi connectivity index (χ2n) is 3.89. The van der Waals surface area contributed by atoms with Crippen LogP contribution in [0.2, 0.25) is 0 Å². The molecule has 2 heterocycles. The van der Waals surface area contributed by atoms with Crippen LogP contribution >= 0.6 is 0 Å². The number of pyridine rings is 1. The van der Waals surface area contributed by atoms with Gasteiger partial charge in [-0.2, -0.15) is 0 Å². The first-order valence-corrected chi connectivity index (χ1v) is 5.39. The minimum absolute atomic E-state index is 0.643. The number of nitrogens with one attached hydrogen (secondary N) is 1. The Morgan fingerprint density at radius 1 is 1.35 bits per heavy atom. The molecule has 0 fully saturated rings. The van der Waals surface area contributed by atoms with Crippen molar-refractivity contribution in [3.8, 4) is 0 Å². The molecule has 0 saturated heterocycles. The van der Waals surface area contributed by atoms with Gasteiger partial charge in [-0.15, -0.1) is 0 Å². The number of hydrazine groups is 1. The Balaban J connectivity index is 2.11. The van der Waals surface area contributed by atoms with Crippen LogP contribution in [0.25, 0.3) is 0 Å². The number of aryl methyl sites for hydroxylation is 1. The standard InChI is InChI=1S/C12H16N4O/c1-9-6-7-10(17-9)8-16(2)12-5-3-4-11(14-12)15-13/h3-7H,8,13H2,1-2H3,(H,14,15). The maximum absolute atomic E-state index is 5.52. The molecular formula is C12H16N4O. The number of nitrogens with two attached hydrogens (primary N) is 1. The van der Waals surface area contributed by atoms with Crippen molar-refractivity contribution in [3.63, 3.8) is 0 Å². The van der Waals surface area contributed by atoms with Crippen molar-refractivity contribution < 1.29 is 4.42 Å². The summed E-state index contributed by atoms with van der Waals surface area (Å²) < 4.78 is 5.52. The Labute approximate surface area is 100 Å². The van der Waals surface area contributed by atoms with Crippen molar-refractivity contribution in [2.75, 3.05) is 17.4 Å². The zero-order chi connectivity index (χ0) is 12.3. The van der Waals surface area contributed by atoms with Gasteiger partial charge in [0.2, 0.25) is 0 Å².